The summed E-state index contributed by atoms with van der Waals surface area (Å²) in [7, 11) is -0.715. The van der Waals surface area contributed by atoms with Gasteiger partial charge in [-0.15, -0.1) is 0 Å². The third-order valence-corrected chi connectivity index (χ3v) is 2.40. The van der Waals surface area contributed by atoms with E-state index in [1.807, 2.05) is 6.07 Å². The van der Waals surface area contributed by atoms with E-state index in [-0.39, 0.29) is 0 Å². The van der Waals surface area contributed by atoms with E-state index in [1.165, 1.54) is 0 Å². The lowest BCUT2D eigenvalue weighted by Gasteiger charge is -2.27. The predicted octanol–water partition coefficient (Wildman–Crippen LogP) is 2.66. The zero-order chi connectivity index (χ0) is 9.90. The number of aromatic nitrogens is 1. The summed E-state index contributed by atoms with van der Waals surface area (Å²) in [4.78, 5) is 4.49. The maximum absolute atomic E-state index is 4.49. The summed E-state index contributed by atoms with van der Waals surface area (Å²) in [5.74, 6) is 1.00. The molecule has 1 heterocycles. The molecule has 1 N–H and O–H groups in total. The van der Waals surface area contributed by atoms with E-state index in [2.05, 4.69) is 47.5 Å². The van der Waals surface area contributed by atoms with Crippen LogP contribution in [0.5, 0.6) is 0 Å². The third-order valence-electron chi connectivity index (χ3n) is 1.58. The van der Waals surface area contributed by atoms with Gasteiger partial charge in [0.25, 0.3) is 0 Å². The molecular weight excluding hydrogens is 180 g/mol. The Morgan fingerprint density at radius 1 is 1.31 bits per heavy atom. The summed E-state index contributed by atoms with van der Waals surface area (Å²) in [5, 5.41) is 0. The van der Waals surface area contributed by atoms with Crippen LogP contribution in [0.2, 0.25) is 0 Å². The molecule has 0 aliphatic rings. The fourth-order valence-electron chi connectivity index (χ4n) is 1.05. The average molecular weight is 198 g/mol. The highest BCUT2D eigenvalue weighted by Crippen LogP contribution is 2.34. The van der Waals surface area contributed by atoms with Crippen molar-refractivity contribution in [2.24, 2.45) is 0 Å². The van der Waals surface area contributed by atoms with Crippen LogP contribution in [-0.4, -0.2) is 23.8 Å². The highest BCUT2D eigenvalue weighted by molar-refractivity contribution is 8.33. The molecule has 3 heteroatoms. The number of pyridine rings is 1. The van der Waals surface area contributed by atoms with Crippen LogP contribution in [0.15, 0.2) is 18.2 Å². The van der Waals surface area contributed by atoms with Gasteiger partial charge in [0.05, 0.1) is 0 Å². The molecular formula is C10H18N2S. The summed E-state index contributed by atoms with van der Waals surface area (Å²) in [5.41, 5.74) is 1.15. The van der Waals surface area contributed by atoms with Crippen molar-refractivity contribution < 1.29 is 0 Å². The Kier molecular flexibility index (Phi) is 3.20. The topological polar surface area (TPSA) is 24.9 Å². The van der Waals surface area contributed by atoms with E-state index in [0.717, 1.165) is 17.9 Å². The highest BCUT2D eigenvalue weighted by Gasteiger charge is 2.04. The van der Waals surface area contributed by atoms with E-state index in [1.54, 1.807) is 0 Å². The summed E-state index contributed by atoms with van der Waals surface area (Å²) in [6, 6.07) is 6.14. The summed E-state index contributed by atoms with van der Waals surface area (Å²) >= 11 is 0. The molecule has 13 heavy (non-hydrogen) atoms. The van der Waals surface area contributed by atoms with Crippen LogP contribution in [0.3, 0.4) is 0 Å². The minimum Gasteiger partial charge on any atom is -0.333 e. The van der Waals surface area contributed by atoms with E-state index in [9.17, 15) is 0 Å². The highest BCUT2D eigenvalue weighted by atomic mass is 32.3. The monoisotopic (exact) mass is 198 g/mol. The first-order chi connectivity index (χ1) is 6.01. The first-order valence-corrected chi connectivity index (χ1v) is 7.29. The molecule has 0 bridgehead atoms. The smallest absolute Gasteiger partial charge is 0.134 e. The van der Waals surface area contributed by atoms with Gasteiger partial charge < -0.3 is 4.72 Å². The van der Waals surface area contributed by atoms with Crippen molar-refractivity contribution in [2.45, 2.75) is 13.3 Å². The van der Waals surface area contributed by atoms with Crippen molar-refractivity contribution in [1.29, 1.82) is 0 Å². The standard InChI is InChI=1S/C10H18N2S/c1-5-9-7-6-8-10(11-9)12-13(2,3)4/h6-8H,5H2,1-4H3,(H,11,12). The molecule has 0 saturated carbocycles. The van der Waals surface area contributed by atoms with Gasteiger partial charge in [-0.3, -0.25) is 0 Å². The number of hydrogen-bond acceptors (Lipinski definition) is 2. The second-order valence-corrected chi connectivity index (χ2v) is 7.69. The van der Waals surface area contributed by atoms with Crippen molar-refractivity contribution >= 4 is 16.0 Å². The third kappa shape index (κ3) is 3.68. The Morgan fingerprint density at radius 2 is 2.00 bits per heavy atom. The molecule has 0 saturated heterocycles. The molecule has 0 aromatic carbocycles. The minimum absolute atomic E-state index is 0.715. The fraction of sp³-hybridized carbons (Fsp3) is 0.500. The molecule has 0 atom stereocenters. The summed E-state index contributed by atoms with van der Waals surface area (Å²) in [6.45, 7) is 2.12. The lowest BCUT2D eigenvalue weighted by Crippen LogP contribution is -2.06. The summed E-state index contributed by atoms with van der Waals surface area (Å²) < 4.78 is 3.43. The van der Waals surface area contributed by atoms with E-state index in [4.69, 9.17) is 0 Å². The lowest BCUT2D eigenvalue weighted by atomic mass is 10.3. The largest absolute Gasteiger partial charge is 0.333 e. The number of hydrogen-bond donors (Lipinski definition) is 1. The molecule has 1 aromatic rings. The van der Waals surface area contributed by atoms with Gasteiger partial charge in [0, 0.05) is 5.69 Å². The van der Waals surface area contributed by atoms with Crippen LogP contribution in [0.25, 0.3) is 0 Å². The zero-order valence-corrected chi connectivity index (χ0v) is 9.61. The summed E-state index contributed by atoms with van der Waals surface area (Å²) in [6.07, 6.45) is 7.64. The molecule has 0 fully saturated rings. The van der Waals surface area contributed by atoms with Crippen LogP contribution >= 0.6 is 10.2 Å². The van der Waals surface area contributed by atoms with Gasteiger partial charge in [0.2, 0.25) is 0 Å². The second-order valence-electron chi connectivity index (χ2n) is 3.81. The predicted molar refractivity (Wildman–Crippen MR) is 62.6 cm³/mol. The van der Waals surface area contributed by atoms with E-state index < -0.39 is 10.2 Å². The molecule has 1 aromatic heterocycles. The van der Waals surface area contributed by atoms with Gasteiger partial charge in [0.1, 0.15) is 5.82 Å². The number of nitrogens with zero attached hydrogens (tertiary/aromatic N) is 1. The Morgan fingerprint density at radius 3 is 2.54 bits per heavy atom. The van der Waals surface area contributed by atoms with Crippen LogP contribution in [0, 0.1) is 0 Å². The first kappa shape index (κ1) is 10.4. The van der Waals surface area contributed by atoms with E-state index >= 15 is 0 Å². The van der Waals surface area contributed by atoms with Gasteiger partial charge in [-0.1, -0.05) is 13.0 Å². The Labute approximate surface area is 82.2 Å². The molecule has 0 unspecified atom stereocenters. The lowest BCUT2D eigenvalue weighted by molar-refractivity contribution is 1.04. The zero-order valence-electron chi connectivity index (χ0n) is 8.79. The molecule has 74 valence electrons. The SMILES string of the molecule is CCc1cccc(NS(C)(C)C)n1. The molecule has 0 aliphatic heterocycles. The van der Waals surface area contributed by atoms with Crippen LogP contribution in [0.4, 0.5) is 5.82 Å². The maximum Gasteiger partial charge on any atom is 0.134 e. The molecule has 0 aliphatic carbocycles. The average Bonchev–Trinajstić information content (AvgIpc) is 2.01. The van der Waals surface area contributed by atoms with Crippen LogP contribution in [0.1, 0.15) is 12.6 Å². The van der Waals surface area contributed by atoms with Crippen molar-refractivity contribution in [3.63, 3.8) is 0 Å². The van der Waals surface area contributed by atoms with Gasteiger partial charge >= 0.3 is 0 Å². The first-order valence-electron chi connectivity index (χ1n) is 4.43. The van der Waals surface area contributed by atoms with Crippen LogP contribution in [-0.2, 0) is 6.42 Å². The Balaban J connectivity index is 2.78. The van der Waals surface area contributed by atoms with Gasteiger partial charge in [-0.25, -0.2) is 4.98 Å². The number of aryl methyl sites for hydroxylation is 1. The van der Waals surface area contributed by atoms with Gasteiger partial charge in [0.15, 0.2) is 0 Å². The molecule has 0 amide bonds. The van der Waals surface area contributed by atoms with Crippen molar-refractivity contribution in [2.75, 3.05) is 23.5 Å². The fourth-order valence-corrected chi connectivity index (χ4v) is 1.79. The number of rotatable bonds is 3. The minimum atomic E-state index is -0.715. The molecule has 2 nitrogen and oxygen atoms in total. The molecule has 0 spiro atoms. The molecule has 0 radical (unpaired) electrons. The maximum atomic E-state index is 4.49. The second kappa shape index (κ2) is 4.01. The van der Waals surface area contributed by atoms with Crippen LogP contribution < -0.4 is 4.72 Å². The van der Waals surface area contributed by atoms with Gasteiger partial charge in [-0.05, 0) is 37.3 Å². The normalized spacial score (nSPS) is 12.6. The van der Waals surface area contributed by atoms with Crippen molar-refractivity contribution in [1.82, 2.24) is 4.98 Å². The Bertz CT molecular complexity index is 278. The van der Waals surface area contributed by atoms with Gasteiger partial charge in [-0.2, -0.15) is 10.2 Å². The number of anilines is 1. The Hall–Kier alpha value is -0.700. The van der Waals surface area contributed by atoms with Crippen molar-refractivity contribution in [3.8, 4) is 0 Å². The number of nitrogens with one attached hydrogen (secondary N) is 1. The van der Waals surface area contributed by atoms with Crippen molar-refractivity contribution in [3.05, 3.63) is 23.9 Å². The quantitative estimate of drug-likeness (QED) is 0.807. The van der Waals surface area contributed by atoms with E-state index in [0.29, 0.717) is 0 Å². The molecule has 1 rings (SSSR count).